The maximum absolute atomic E-state index is 12.0. The van der Waals surface area contributed by atoms with Crippen LogP contribution in [0.5, 0.6) is 0 Å². The number of imide groups is 1. The lowest BCUT2D eigenvalue weighted by molar-refractivity contribution is -0.138. The smallest absolute Gasteiger partial charge is 0.324 e. The van der Waals surface area contributed by atoms with Crippen LogP contribution in [-0.2, 0) is 9.59 Å². The van der Waals surface area contributed by atoms with E-state index in [1.165, 1.54) is 0 Å². The molecule has 6 heteroatoms. The Hall–Kier alpha value is -1.59. The van der Waals surface area contributed by atoms with Crippen LogP contribution in [0.4, 0.5) is 4.79 Å². The highest BCUT2D eigenvalue weighted by molar-refractivity contribution is 5.94. The second-order valence-corrected chi connectivity index (χ2v) is 5.95. The molecule has 1 fully saturated rings. The topological polar surface area (TPSA) is 86.7 Å². The van der Waals surface area contributed by atoms with Crippen molar-refractivity contribution < 1.29 is 19.5 Å². The number of nitrogens with zero attached hydrogens (tertiary/aromatic N) is 1. The number of rotatable bonds is 7. The molecule has 0 spiro atoms. The summed E-state index contributed by atoms with van der Waals surface area (Å²) in [4.78, 5) is 36.0. The molecule has 0 aromatic carbocycles. The highest BCUT2D eigenvalue weighted by atomic mass is 16.4. The van der Waals surface area contributed by atoms with Gasteiger partial charge in [0.2, 0.25) is 5.91 Å². The number of hydrogen-bond donors (Lipinski definition) is 2. The van der Waals surface area contributed by atoms with Crippen LogP contribution < -0.4 is 5.32 Å². The van der Waals surface area contributed by atoms with Gasteiger partial charge in [-0.15, -0.1) is 0 Å². The molecule has 0 aliphatic heterocycles. The van der Waals surface area contributed by atoms with E-state index in [-0.39, 0.29) is 30.8 Å². The molecule has 114 valence electrons. The number of carbonyl (C=O) groups excluding carboxylic acids is 2. The highest BCUT2D eigenvalue weighted by Gasteiger charge is 2.29. The average molecular weight is 284 g/mol. The van der Waals surface area contributed by atoms with Gasteiger partial charge in [0.1, 0.15) is 0 Å². The molecule has 1 atom stereocenters. The van der Waals surface area contributed by atoms with E-state index in [9.17, 15) is 14.4 Å². The Morgan fingerprint density at radius 1 is 1.20 bits per heavy atom. The summed E-state index contributed by atoms with van der Waals surface area (Å²) < 4.78 is 0. The van der Waals surface area contributed by atoms with Crippen molar-refractivity contribution in [3.8, 4) is 0 Å². The van der Waals surface area contributed by atoms with E-state index in [4.69, 9.17) is 5.11 Å². The first kappa shape index (κ1) is 16.5. The summed E-state index contributed by atoms with van der Waals surface area (Å²) in [7, 11) is 0. The second kappa shape index (κ2) is 7.26. The Labute approximate surface area is 119 Å². The van der Waals surface area contributed by atoms with Crippen molar-refractivity contribution in [2.24, 2.45) is 11.8 Å². The van der Waals surface area contributed by atoms with Gasteiger partial charge in [0.25, 0.3) is 0 Å². The standard InChI is InChI=1S/C14H24N2O4/c1-9(2)16(8-11-4-5-11)14(20)15-12(17)6-10(3)7-13(18)19/h9-11H,4-8H2,1-3H3,(H,18,19)(H,15,17,20). The summed E-state index contributed by atoms with van der Waals surface area (Å²) in [5, 5.41) is 11.0. The SMILES string of the molecule is CC(CC(=O)O)CC(=O)NC(=O)N(CC1CC1)C(C)C. The van der Waals surface area contributed by atoms with Gasteiger partial charge in [0, 0.05) is 25.4 Å². The van der Waals surface area contributed by atoms with Gasteiger partial charge >= 0.3 is 12.0 Å². The lowest BCUT2D eigenvalue weighted by atomic mass is 10.0. The zero-order valence-electron chi connectivity index (χ0n) is 12.4. The van der Waals surface area contributed by atoms with Crippen LogP contribution in [-0.4, -0.2) is 40.5 Å². The predicted molar refractivity (Wildman–Crippen MR) is 74.1 cm³/mol. The summed E-state index contributed by atoms with van der Waals surface area (Å²) in [6.45, 7) is 6.20. The summed E-state index contributed by atoms with van der Waals surface area (Å²) in [5.41, 5.74) is 0. The van der Waals surface area contributed by atoms with E-state index in [1.807, 2.05) is 13.8 Å². The molecule has 20 heavy (non-hydrogen) atoms. The first-order chi connectivity index (χ1) is 9.29. The number of carbonyl (C=O) groups is 3. The van der Waals surface area contributed by atoms with Crippen LogP contribution in [0.15, 0.2) is 0 Å². The number of amides is 3. The Morgan fingerprint density at radius 3 is 2.25 bits per heavy atom. The third kappa shape index (κ3) is 6.04. The molecule has 0 aromatic heterocycles. The second-order valence-electron chi connectivity index (χ2n) is 5.95. The number of carboxylic acids is 1. The summed E-state index contributed by atoms with van der Waals surface area (Å²) >= 11 is 0. The third-order valence-corrected chi connectivity index (χ3v) is 3.34. The van der Waals surface area contributed by atoms with Crippen molar-refractivity contribution in [3.05, 3.63) is 0 Å². The van der Waals surface area contributed by atoms with Crippen LogP contribution >= 0.6 is 0 Å². The Bertz CT molecular complexity index is 377. The van der Waals surface area contributed by atoms with Crippen molar-refractivity contribution in [2.75, 3.05) is 6.54 Å². The van der Waals surface area contributed by atoms with Crippen molar-refractivity contribution in [1.29, 1.82) is 0 Å². The van der Waals surface area contributed by atoms with E-state index in [1.54, 1.807) is 11.8 Å². The molecule has 1 aliphatic rings. The Morgan fingerprint density at radius 2 is 1.80 bits per heavy atom. The van der Waals surface area contributed by atoms with Gasteiger partial charge in [-0.3, -0.25) is 14.9 Å². The quantitative estimate of drug-likeness (QED) is 0.747. The normalized spacial score (nSPS) is 15.8. The van der Waals surface area contributed by atoms with Crippen LogP contribution in [0.1, 0.15) is 46.5 Å². The zero-order valence-corrected chi connectivity index (χ0v) is 12.4. The molecule has 1 saturated carbocycles. The van der Waals surface area contributed by atoms with Crippen LogP contribution in [0.3, 0.4) is 0 Å². The minimum Gasteiger partial charge on any atom is -0.481 e. The van der Waals surface area contributed by atoms with E-state index in [0.717, 1.165) is 12.8 Å². The van der Waals surface area contributed by atoms with E-state index < -0.39 is 11.9 Å². The maximum atomic E-state index is 12.0. The first-order valence-corrected chi connectivity index (χ1v) is 7.11. The van der Waals surface area contributed by atoms with Crippen molar-refractivity contribution in [3.63, 3.8) is 0 Å². The van der Waals surface area contributed by atoms with Gasteiger partial charge < -0.3 is 10.0 Å². The maximum Gasteiger partial charge on any atom is 0.324 e. The fraction of sp³-hybridized carbons (Fsp3) is 0.786. The largest absolute Gasteiger partial charge is 0.481 e. The van der Waals surface area contributed by atoms with Crippen molar-refractivity contribution >= 4 is 17.9 Å². The molecular weight excluding hydrogens is 260 g/mol. The third-order valence-electron chi connectivity index (χ3n) is 3.34. The minimum absolute atomic E-state index is 0.0415. The lowest BCUT2D eigenvalue weighted by Gasteiger charge is -2.26. The molecule has 1 aliphatic carbocycles. The summed E-state index contributed by atoms with van der Waals surface area (Å²) in [6, 6.07) is -0.334. The van der Waals surface area contributed by atoms with Gasteiger partial charge in [-0.25, -0.2) is 4.79 Å². The summed E-state index contributed by atoms with van der Waals surface area (Å²) in [5.74, 6) is -1.07. The Balaban J connectivity index is 2.41. The average Bonchev–Trinajstić information content (AvgIpc) is 3.06. The number of nitrogens with one attached hydrogen (secondary N) is 1. The van der Waals surface area contributed by atoms with Gasteiger partial charge in [-0.1, -0.05) is 6.92 Å². The monoisotopic (exact) mass is 284 g/mol. The number of aliphatic carboxylic acids is 1. The zero-order chi connectivity index (χ0) is 15.3. The Kier molecular flexibility index (Phi) is 5.98. The van der Waals surface area contributed by atoms with E-state index in [0.29, 0.717) is 12.5 Å². The fourth-order valence-electron chi connectivity index (χ4n) is 2.04. The van der Waals surface area contributed by atoms with Gasteiger partial charge in [0.05, 0.1) is 0 Å². The molecule has 3 amide bonds. The number of hydrogen-bond acceptors (Lipinski definition) is 3. The van der Waals surface area contributed by atoms with Gasteiger partial charge in [0.15, 0.2) is 0 Å². The highest BCUT2D eigenvalue weighted by Crippen LogP contribution is 2.30. The number of carboxylic acid groups (broad SMARTS) is 1. The molecule has 0 aromatic rings. The van der Waals surface area contributed by atoms with Crippen molar-refractivity contribution in [2.45, 2.75) is 52.5 Å². The van der Waals surface area contributed by atoms with Crippen molar-refractivity contribution in [1.82, 2.24) is 10.2 Å². The van der Waals surface area contributed by atoms with E-state index >= 15 is 0 Å². The molecule has 2 N–H and O–H groups in total. The van der Waals surface area contributed by atoms with E-state index in [2.05, 4.69) is 5.32 Å². The van der Waals surface area contributed by atoms with Crippen LogP contribution in [0.2, 0.25) is 0 Å². The molecule has 0 radical (unpaired) electrons. The molecule has 6 nitrogen and oxygen atoms in total. The van der Waals surface area contributed by atoms with Crippen LogP contribution in [0.25, 0.3) is 0 Å². The van der Waals surface area contributed by atoms with Crippen LogP contribution in [0, 0.1) is 11.8 Å². The predicted octanol–water partition coefficient (Wildman–Crippen LogP) is 1.84. The lowest BCUT2D eigenvalue weighted by Crippen LogP contribution is -2.47. The molecule has 0 bridgehead atoms. The first-order valence-electron chi connectivity index (χ1n) is 7.11. The molecular formula is C14H24N2O4. The molecule has 0 heterocycles. The molecule has 1 rings (SSSR count). The minimum atomic E-state index is -0.936. The fourth-order valence-corrected chi connectivity index (χ4v) is 2.04. The van der Waals surface area contributed by atoms with Gasteiger partial charge in [-0.05, 0) is 38.5 Å². The molecule has 1 unspecified atom stereocenters. The molecule has 0 saturated heterocycles. The van der Waals surface area contributed by atoms with Gasteiger partial charge in [-0.2, -0.15) is 0 Å². The number of urea groups is 1. The summed E-state index contributed by atoms with van der Waals surface area (Å²) in [6.07, 6.45) is 2.26.